The van der Waals surface area contributed by atoms with E-state index in [-0.39, 0.29) is 17.7 Å². The lowest BCUT2D eigenvalue weighted by Gasteiger charge is -2.33. The summed E-state index contributed by atoms with van der Waals surface area (Å²) in [7, 11) is 1.61. The highest BCUT2D eigenvalue weighted by molar-refractivity contribution is 6.01. The normalized spacial score (nSPS) is 16.1. The Morgan fingerprint density at radius 1 is 1.30 bits per heavy atom. The van der Waals surface area contributed by atoms with Gasteiger partial charge in [-0.1, -0.05) is 24.4 Å². The second kappa shape index (κ2) is 8.57. The zero-order chi connectivity index (χ0) is 19.4. The Balaban J connectivity index is 2.00. The summed E-state index contributed by atoms with van der Waals surface area (Å²) < 4.78 is 10.6. The summed E-state index contributed by atoms with van der Waals surface area (Å²) in [5.41, 5.74) is 1.59. The summed E-state index contributed by atoms with van der Waals surface area (Å²) >= 11 is 0. The van der Waals surface area contributed by atoms with Gasteiger partial charge in [-0.05, 0) is 51.0 Å². The average Bonchev–Trinajstić information content (AvgIpc) is 3.15. The molecule has 6 heteroatoms. The van der Waals surface area contributed by atoms with Gasteiger partial charge in [0.1, 0.15) is 23.1 Å². The van der Waals surface area contributed by atoms with E-state index in [9.17, 15) is 9.90 Å². The minimum absolute atomic E-state index is 0.118. The highest BCUT2D eigenvalue weighted by atomic mass is 16.5. The highest BCUT2D eigenvalue weighted by Gasteiger charge is 2.32. The Bertz CT molecular complexity index is 761. The fourth-order valence-electron chi connectivity index (χ4n) is 3.84. The molecular weight excluding hydrogens is 344 g/mol. The molecule has 27 heavy (non-hydrogen) atoms. The van der Waals surface area contributed by atoms with E-state index in [4.69, 9.17) is 9.26 Å². The van der Waals surface area contributed by atoms with Crippen molar-refractivity contribution in [3.63, 3.8) is 0 Å². The van der Waals surface area contributed by atoms with Gasteiger partial charge in [0.05, 0.1) is 7.11 Å². The monoisotopic (exact) mass is 372 g/mol. The maximum absolute atomic E-state index is 13.5. The van der Waals surface area contributed by atoms with Gasteiger partial charge in [-0.15, -0.1) is 0 Å². The lowest BCUT2D eigenvalue weighted by molar-refractivity contribution is 0.0637. The molecule has 1 amide bonds. The van der Waals surface area contributed by atoms with E-state index < -0.39 is 6.10 Å². The smallest absolute Gasteiger partial charge is 0.260 e. The van der Waals surface area contributed by atoms with Crippen LogP contribution in [0.25, 0.3) is 11.3 Å². The van der Waals surface area contributed by atoms with Crippen molar-refractivity contribution in [2.75, 3.05) is 13.7 Å². The van der Waals surface area contributed by atoms with E-state index in [1.165, 1.54) is 6.42 Å². The van der Waals surface area contributed by atoms with Gasteiger partial charge in [-0.2, -0.15) is 0 Å². The molecule has 0 spiro atoms. The molecule has 1 fully saturated rings. The van der Waals surface area contributed by atoms with Crippen molar-refractivity contribution in [2.45, 2.75) is 58.1 Å². The van der Waals surface area contributed by atoms with Crippen LogP contribution >= 0.6 is 0 Å². The van der Waals surface area contributed by atoms with Gasteiger partial charge < -0.3 is 19.3 Å². The second-order valence-corrected chi connectivity index (χ2v) is 7.06. The number of amides is 1. The molecule has 6 nitrogen and oxygen atoms in total. The Morgan fingerprint density at radius 3 is 2.52 bits per heavy atom. The van der Waals surface area contributed by atoms with E-state index in [0.717, 1.165) is 37.0 Å². The van der Waals surface area contributed by atoms with Crippen molar-refractivity contribution in [2.24, 2.45) is 0 Å². The number of aliphatic hydroxyl groups is 1. The molecule has 1 aromatic heterocycles. The molecule has 1 aromatic carbocycles. The first-order valence-corrected chi connectivity index (χ1v) is 9.69. The second-order valence-electron chi connectivity index (χ2n) is 7.06. The molecule has 1 N–H and O–H groups in total. The Labute approximate surface area is 160 Å². The number of hydrogen-bond donors (Lipinski definition) is 1. The maximum atomic E-state index is 13.5. The Hall–Kier alpha value is -2.34. The minimum atomic E-state index is -0.909. The van der Waals surface area contributed by atoms with Crippen molar-refractivity contribution in [1.29, 1.82) is 0 Å². The van der Waals surface area contributed by atoms with Gasteiger partial charge in [0.25, 0.3) is 5.91 Å². The van der Waals surface area contributed by atoms with Gasteiger partial charge in [-0.25, -0.2) is 0 Å². The van der Waals surface area contributed by atoms with Crippen LogP contribution in [0.15, 0.2) is 28.8 Å². The number of hydrogen-bond acceptors (Lipinski definition) is 5. The quantitative estimate of drug-likeness (QED) is 0.822. The first-order valence-electron chi connectivity index (χ1n) is 9.69. The predicted octanol–water partition coefficient (Wildman–Crippen LogP) is 4.20. The molecule has 1 aliphatic rings. The van der Waals surface area contributed by atoms with Gasteiger partial charge in [0, 0.05) is 18.2 Å². The topological polar surface area (TPSA) is 75.8 Å². The summed E-state index contributed by atoms with van der Waals surface area (Å²) in [5, 5.41) is 14.3. The van der Waals surface area contributed by atoms with Crippen LogP contribution in [-0.2, 0) is 0 Å². The number of aliphatic hydroxyl groups excluding tert-OH is 1. The number of nitrogens with zero attached hydrogens (tertiary/aromatic N) is 2. The van der Waals surface area contributed by atoms with E-state index >= 15 is 0 Å². The standard InChI is InChI=1S/C21H28N2O4/c1-4-23(16-8-6-5-7-9-16)21(25)18-19(22-27-20(18)14(2)24)15-10-12-17(26-3)13-11-15/h10-14,16,24H,4-9H2,1-3H3/t14-/m0/s1. The molecule has 0 bridgehead atoms. The van der Waals surface area contributed by atoms with Crippen molar-refractivity contribution in [3.05, 3.63) is 35.6 Å². The number of rotatable bonds is 6. The van der Waals surface area contributed by atoms with E-state index in [2.05, 4.69) is 5.16 Å². The fourth-order valence-corrected chi connectivity index (χ4v) is 3.84. The highest BCUT2D eigenvalue weighted by Crippen LogP contribution is 2.33. The largest absolute Gasteiger partial charge is 0.497 e. The molecule has 0 radical (unpaired) electrons. The van der Waals surface area contributed by atoms with Gasteiger partial charge >= 0.3 is 0 Å². The van der Waals surface area contributed by atoms with Gasteiger partial charge in [-0.3, -0.25) is 4.79 Å². The van der Waals surface area contributed by atoms with Gasteiger partial charge in [0.2, 0.25) is 0 Å². The molecule has 3 rings (SSSR count). The van der Waals surface area contributed by atoms with E-state index in [1.807, 2.05) is 36.1 Å². The molecule has 0 unspecified atom stereocenters. The fraction of sp³-hybridized carbons (Fsp3) is 0.524. The molecule has 2 aromatic rings. The molecule has 0 saturated heterocycles. The van der Waals surface area contributed by atoms with Crippen LogP contribution in [0.1, 0.15) is 68.2 Å². The van der Waals surface area contributed by atoms with E-state index in [1.54, 1.807) is 14.0 Å². The predicted molar refractivity (Wildman–Crippen MR) is 103 cm³/mol. The number of carbonyl (C=O) groups excluding carboxylic acids is 1. The van der Waals surface area contributed by atoms with E-state index in [0.29, 0.717) is 17.8 Å². The molecule has 1 aliphatic carbocycles. The molecule has 146 valence electrons. The molecule has 0 aliphatic heterocycles. The Morgan fingerprint density at radius 2 is 1.96 bits per heavy atom. The first kappa shape index (κ1) is 19.4. The third kappa shape index (κ3) is 4.00. The minimum Gasteiger partial charge on any atom is -0.497 e. The van der Waals surface area contributed by atoms with Crippen LogP contribution in [0.4, 0.5) is 0 Å². The lowest BCUT2D eigenvalue weighted by atomic mass is 9.93. The van der Waals surface area contributed by atoms with Crippen LogP contribution in [0.3, 0.4) is 0 Å². The van der Waals surface area contributed by atoms with Crippen molar-refractivity contribution in [1.82, 2.24) is 10.1 Å². The average molecular weight is 372 g/mol. The van der Waals surface area contributed by atoms with Crippen molar-refractivity contribution in [3.8, 4) is 17.0 Å². The number of benzene rings is 1. The summed E-state index contributed by atoms with van der Waals surface area (Å²) in [6.07, 6.45) is 4.65. The molecular formula is C21H28N2O4. The SMILES string of the molecule is CCN(C(=O)c1c(-c2ccc(OC)cc2)noc1[C@H](C)O)C1CCCCC1. The zero-order valence-corrected chi connectivity index (χ0v) is 16.3. The van der Waals surface area contributed by atoms with Crippen LogP contribution in [0.2, 0.25) is 0 Å². The number of carbonyl (C=O) groups is 1. The summed E-state index contributed by atoms with van der Waals surface area (Å²) in [6.45, 7) is 4.21. The summed E-state index contributed by atoms with van der Waals surface area (Å²) in [6, 6.07) is 7.56. The van der Waals surface area contributed by atoms with Crippen LogP contribution in [0.5, 0.6) is 5.75 Å². The first-order chi connectivity index (χ1) is 13.1. The maximum Gasteiger partial charge on any atom is 0.260 e. The van der Waals surface area contributed by atoms with Gasteiger partial charge in [0.15, 0.2) is 5.76 Å². The third-order valence-corrected chi connectivity index (χ3v) is 5.29. The summed E-state index contributed by atoms with van der Waals surface area (Å²) in [4.78, 5) is 15.4. The van der Waals surface area contributed by atoms with Crippen LogP contribution in [0, 0.1) is 0 Å². The van der Waals surface area contributed by atoms with Crippen LogP contribution < -0.4 is 4.74 Å². The number of ether oxygens (including phenoxy) is 1. The Kier molecular flexibility index (Phi) is 6.16. The summed E-state index contributed by atoms with van der Waals surface area (Å²) in [5.74, 6) is 0.829. The number of methoxy groups -OCH3 is 1. The van der Waals surface area contributed by atoms with Crippen molar-refractivity contribution >= 4 is 5.91 Å². The number of aromatic nitrogens is 1. The van der Waals surface area contributed by atoms with Crippen LogP contribution in [-0.4, -0.2) is 40.8 Å². The molecule has 1 saturated carbocycles. The van der Waals surface area contributed by atoms with Crippen molar-refractivity contribution < 1.29 is 19.2 Å². The molecule has 1 atom stereocenters. The lowest BCUT2D eigenvalue weighted by Crippen LogP contribution is -2.41. The third-order valence-electron chi connectivity index (χ3n) is 5.29. The zero-order valence-electron chi connectivity index (χ0n) is 16.3. The molecule has 1 heterocycles.